The second kappa shape index (κ2) is 9.39. The Morgan fingerprint density at radius 2 is 1.19 bits per heavy atom. The quantitative estimate of drug-likeness (QED) is 0.260. The number of carbonyl (C=O) groups excluding carboxylic acids is 1. The van der Waals surface area contributed by atoms with Crippen LogP contribution in [-0.4, -0.2) is 5.78 Å². The summed E-state index contributed by atoms with van der Waals surface area (Å²) in [6, 6.07) is 37.2. The molecule has 0 unspecified atom stereocenters. The molecule has 0 fully saturated rings. The van der Waals surface area contributed by atoms with Gasteiger partial charge in [0.1, 0.15) is 0 Å². The Labute approximate surface area is 182 Å². The van der Waals surface area contributed by atoms with E-state index in [1.165, 1.54) is 0 Å². The van der Waals surface area contributed by atoms with Crippen LogP contribution in [-0.2, 0) is 0 Å². The lowest BCUT2D eigenvalue weighted by Crippen LogP contribution is -2.09. The number of anilines is 3. The molecule has 4 rings (SSSR count). The predicted molar refractivity (Wildman–Crippen MR) is 126 cm³/mol. The maximum atomic E-state index is 12.4. The Kier molecular flexibility index (Phi) is 6.02. The Morgan fingerprint density at radius 1 is 0.677 bits per heavy atom. The molecule has 0 amide bonds. The van der Waals surface area contributed by atoms with Crippen molar-refractivity contribution in [3.63, 3.8) is 0 Å². The Balaban J connectivity index is 1.56. The highest BCUT2D eigenvalue weighted by atomic mass is 16.1. The van der Waals surface area contributed by atoms with Crippen molar-refractivity contribution in [1.29, 1.82) is 5.26 Å². The van der Waals surface area contributed by atoms with Crippen LogP contribution in [0.1, 0.15) is 21.5 Å². The van der Waals surface area contributed by atoms with Crippen molar-refractivity contribution in [3.8, 4) is 6.07 Å². The van der Waals surface area contributed by atoms with Gasteiger partial charge in [-0.25, -0.2) is 0 Å². The normalized spacial score (nSPS) is 10.5. The van der Waals surface area contributed by atoms with Gasteiger partial charge in [0.25, 0.3) is 0 Å². The number of hydrogen-bond donors (Lipinski definition) is 0. The molecule has 0 bridgehead atoms. The SMILES string of the molecule is N#Cc1ccc(C(=O)C=Cc2ccc(N(c3ccccc3)c3ccccc3)cc2)cc1. The molecule has 0 radical (unpaired) electrons. The Morgan fingerprint density at radius 3 is 1.71 bits per heavy atom. The molecule has 0 aliphatic carbocycles. The summed E-state index contributed by atoms with van der Waals surface area (Å²) in [6.45, 7) is 0. The van der Waals surface area contributed by atoms with E-state index in [9.17, 15) is 4.79 Å². The van der Waals surface area contributed by atoms with E-state index < -0.39 is 0 Å². The van der Waals surface area contributed by atoms with Crippen molar-refractivity contribution in [2.75, 3.05) is 4.90 Å². The van der Waals surface area contributed by atoms with Crippen LogP contribution in [0.2, 0.25) is 0 Å². The molecule has 0 N–H and O–H groups in total. The zero-order chi connectivity index (χ0) is 21.5. The first-order valence-electron chi connectivity index (χ1n) is 9.97. The molecule has 0 saturated carbocycles. The summed E-state index contributed by atoms with van der Waals surface area (Å²) in [5, 5.41) is 8.87. The predicted octanol–water partition coefficient (Wildman–Crippen LogP) is 6.92. The highest BCUT2D eigenvalue weighted by molar-refractivity contribution is 6.06. The second-order valence-corrected chi connectivity index (χ2v) is 6.98. The summed E-state index contributed by atoms with van der Waals surface area (Å²) in [4.78, 5) is 14.6. The first-order chi connectivity index (χ1) is 15.2. The van der Waals surface area contributed by atoms with Crippen molar-refractivity contribution >= 4 is 28.9 Å². The van der Waals surface area contributed by atoms with Gasteiger partial charge in [-0.05, 0) is 72.3 Å². The molecule has 0 aliphatic heterocycles. The minimum Gasteiger partial charge on any atom is -0.311 e. The van der Waals surface area contributed by atoms with E-state index >= 15 is 0 Å². The molecule has 0 heterocycles. The van der Waals surface area contributed by atoms with Crippen LogP contribution < -0.4 is 4.90 Å². The fourth-order valence-electron chi connectivity index (χ4n) is 3.31. The van der Waals surface area contributed by atoms with Crippen LogP contribution in [0, 0.1) is 11.3 Å². The van der Waals surface area contributed by atoms with Crippen LogP contribution in [0.5, 0.6) is 0 Å². The number of hydrogen-bond acceptors (Lipinski definition) is 3. The number of rotatable bonds is 6. The van der Waals surface area contributed by atoms with E-state index in [0.717, 1.165) is 22.6 Å². The molecule has 0 aromatic heterocycles. The molecule has 0 spiro atoms. The van der Waals surface area contributed by atoms with E-state index in [4.69, 9.17) is 5.26 Å². The van der Waals surface area contributed by atoms with Crippen molar-refractivity contribution in [1.82, 2.24) is 0 Å². The van der Waals surface area contributed by atoms with E-state index in [0.29, 0.717) is 11.1 Å². The third-order valence-corrected chi connectivity index (χ3v) is 4.91. The molecule has 31 heavy (non-hydrogen) atoms. The van der Waals surface area contributed by atoms with Gasteiger partial charge in [-0.15, -0.1) is 0 Å². The molecule has 4 aromatic carbocycles. The average Bonchev–Trinajstić information content (AvgIpc) is 2.85. The van der Waals surface area contributed by atoms with Crippen LogP contribution in [0.15, 0.2) is 115 Å². The van der Waals surface area contributed by atoms with Crippen molar-refractivity contribution in [3.05, 3.63) is 132 Å². The molecule has 4 aromatic rings. The monoisotopic (exact) mass is 400 g/mol. The van der Waals surface area contributed by atoms with Gasteiger partial charge in [0.2, 0.25) is 0 Å². The third-order valence-electron chi connectivity index (χ3n) is 4.91. The maximum absolute atomic E-state index is 12.4. The largest absolute Gasteiger partial charge is 0.311 e. The summed E-state index contributed by atoms with van der Waals surface area (Å²) in [6.07, 6.45) is 3.36. The summed E-state index contributed by atoms with van der Waals surface area (Å²) in [7, 11) is 0. The lowest BCUT2D eigenvalue weighted by molar-refractivity contribution is 0.104. The molecule has 3 nitrogen and oxygen atoms in total. The summed E-state index contributed by atoms with van der Waals surface area (Å²) >= 11 is 0. The second-order valence-electron chi connectivity index (χ2n) is 6.98. The molecular formula is C28H20N2O. The van der Waals surface area contributed by atoms with Crippen molar-refractivity contribution in [2.24, 2.45) is 0 Å². The lowest BCUT2D eigenvalue weighted by atomic mass is 10.1. The fourth-order valence-corrected chi connectivity index (χ4v) is 3.31. The van der Waals surface area contributed by atoms with Crippen LogP contribution in [0.4, 0.5) is 17.1 Å². The summed E-state index contributed by atoms with van der Waals surface area (Å²) in [5.74, 6) is -0.0937. The van der Waals surface area contributed by atoms with Crippen molar-refractivity contribution < 1.29 is 4.79 Å². The van der Waals surface area contributed by atoms with Gasteiger partial charge in [0.05, 0.1) is 11.6 Å². The zero-order valence-electron chi connectivity index (χ0n) is 16.8. The topological polar surface area (TPSA) is 44.1 Å². The Hall–Kier alpha value is -4.42. The molecule has 148 valence electrons. The minimum absolute atomic E-state index is 0.0937. The first-order valence-corrected chi connectivity index (χ1v) is 9.97. The molecule has 0 atom stereocenters. The molecule has 0 saturated heterocycles. The highest BCUT2D eigenvalue weighted by Crippen LogP contribution is 2.34. The summed E-state index contributed by atoms with van der Waals surface area (Å²) < 4.78 is 0. The third kappa shape index (κ3) is 4.77. The van der Waals surface area contributed by atoms with Gasteiger partial charge in [-0.1, -0.05) is 54.6 Å². The van der Waals surface area contributed by atoms with Gasteiger partial charge in [-0.2, -0.15) is 5.26 Å². The van der Waals surface area contributed by atoms with E-state index in [2.05, 4.69) is 35.2 Å². The summed E-state index contributed by atoms with van der Waals surface area (Å²) in [5.41, 5.74) is 5.23. The number of para-hydroxylation sites is 2. The van der Waals surface area contributed by atoms with Crippen molar-refractivity contribution in [2.45, 2.75) is 0 Å². The van der Waals surface area contributed by atoms with Gasteiger partial charge in [0.15, 0.2) is 5.78 Å². The van der Waals surface area contributed by atoms with E-state index in [1.54, 1.807) is 36.4 Å². The van der Waals surface area contributed by atoms with Crippen LogP contribution in [0.25, 0.3) is 6.08 Å². The first kappa shape index (κ1) is 19.9. The lowest BCUT2D eigenvalue weighted by Gasteiger charge is -2.25. The Bertz CT molecular complexity index is 1180. The highest BCUT2D eigenvalue weighted by Gasteiger charge is 2.11. The van der Waals surface area contributed by atoms with E-state index in [-0.39, 0.29) is 5.78 Å². The van der Waals surface area contributed by atoms with Gasteiger partial charge >= 0.3 is 0 Å². The van der Waals surface area contributed by atoms with Gasteiger partial charge < -0.3 is 4.90 Å². The molecular weight excluding hydrogens is 380 g/mol. The smallest absolute Gasteiger partial charge is 0.185 e. The number of nitriles is 1. The number of benzene rings is 4. The molecule has 0 aliphatic rings. The zero-order valence-corrected chi connectivity index (χ0v) is 16.8. The van der Waals surface area contributed by atoms with Crippen LogP contribution in [0.3, 0.4) is 0 Å². The fraction of sp³-hybridized carbons (Fsp3) is 0. The van der Waals surface area contributed by atoms with Crippen LogP contribution >= 0.6 is 0 Å². The van der Waals surface area contributed by atoms with Gasteiger partial charge in [0, 0.05) is 22.6 Å². The maximum Gasteiger partial charge on any atom is 0.185 e. The number of allylic oxidation sites excluding steroid dienone is 1. The average molecular weight is 400 g/mol. The standard InChI is InChI=1S/C28H20N2O/c29-21-23-11-16-24(17-12-23)28(31)20-15-22-13-18-27(19-14-22)30(25-7-3-1-4-8-25)26-9-5-2-6-10-26/h1-20H. The number of ketones is 1. The van der Waals surface area contributed by atoms with Gasteiger partial charge in [-0.3, -0.25) is 4.79 Å². The number of nitrogens with zero attached hydrogens (tertiary/aromatic N) is 2. The minimum atomic E-state index is -0.0937. The van der Waals surface area contributed by atoms with E-state index in [1.807, 2.05) is 60.7 Å². The molecule has 3 heteroatoms. The number of carbonyl (C=O) groups is 1.